The van der Waals surface area contributed by atoms with E-state index in [4.69, 9.17) is 21.1 Å². The van der Waals surface area contributed by atoms with Crippen molar-refractivity contribution < 1.29 is 22.7 Å². The number of carbonyl (C=O) groups excluding carboxylic acids is 1. The molecule has 0 saturated carbocycles. The molecule has 1 aromatic heterocycles. The van der Waals surface area contributed by atoms with E-state index in [1.54, 1.807) is 31.6 Å². The van der Waals surface area contributed by atoms with Crippen molar-refractivity contribution in [2.24, 2.45) is 0 Å². The summed E-state index contributed by atoms with van der Waals surface area (Å²) in [5.41, 5.74) is 0.873. The molecule has 0 aliphatic carbocycles. The van der Waals surface area contributed by atoms with Gasteiger partial charge in [0.15, 0.2) is 0 Å². The van der Waals surface area contributed by atoms with Gasteiger partial charge in [-0.15, -0.1) is 0 Å². The molecule has 0 radical (unpaired) electrons. The second-order valence-electron chi connectivity index (χ2n) is 7.18. The van der Waals surface area contributed by atoms with Crippen LogP contribution in [0.15, 0.2) is 53.9 Å². The number of carbonyl (C=O) groups is 1. The van der Waals surface area contributed by atoms with Crippen LogP contribution in [-0.4, -0.2) is 44.6 Å². The number of amides is 1. The second kappa shape index (κ2) is 10.6. The van der Waals surface area contributed by atoms with Crippen LogP contribution < -0.4 is 19.5 Å². The SMILES string of the molecule is COc1cc(OC)c(NS(=O)(=O)c2cc(C(=O)NCCCn3ccnc3)ccc2C)cc1Cl. The molecule has 0 spiro atoms. The van der Waals surface area contributed by atoms with Crippen molar-refractivity contribution in [1.29, 1.82) is 0 Å². The highest BCUT2D eigenvalue weighted by atomic mass is 35.5. The number of methoxy groups -OCH3 is 2. The molecular formula is C22H25ClN4O5S. The summed E-state index contributed by atoms with van der Waals surface area (Å²) in [6, 6.07) is 7.42. The van der Waals surface area contributed by atoms with Crippen LogP contribution in [0.4, 0.5) is 5.69 Å². The van der Waals surface area contributed by atoms with Crippen LogP contribution >= 0.6 is 11.6 Å². The molecule has 9 nitrogen and oxygen atoms in total. The predicted molar refractivity (Wildman–Crippen MR) is 126 cm³/mol. The molecular weight excluding hydrogens is 468 g/mol. The third kappa shape index (κ3) is 5.96. The second-order valence-corrected chi connectivity index (χ2v) is 9.24. The Labute approximate surface area is 197 Å². The molecule has 0 atom stereocenters. The number of aromatic nitrogens is 2. The molecule has 0 unspecified atom stereocenters. The molecule has 11 heteroatoms. The first-order valence-corrected chi connectivity index (χ1v) is 11.9. The van der Waals surface area contributed by atoms with Gasteiger partial charge in [0.05, 0.1) is 36.2 Å². The Bertz CT molecular complexity index is 1230. The number of hydrogen-bond donors (Lipinski definition) is 2. The molecule has 0 bridgehead atoms. The third-order valence-electron chi connectivity index (χ3n) is 4.90. The highest BCUT2D eigenvalue weighted by Gasteiger charge is 2.22. The van der Waals surface area contributed by atoms with Gasteiger partial charge in [-0.2, -0.15) is 0 Å². The Morgan fingerprint density at radius 1 is 1.15 bits per heavy atom. The zero-order chi connectivity index (χ0) is 24.0. The number of hydrogen-bond acceptors (Lipinski definition) is 6. The molecule has 2 aromatic carbocycles. The molecule has 0 aliphatic heterocycles. The van der Waals surface area contributed by atoms with Crippen molar-refractivity contribution >= 4 is 33.2 Å². The van der Waals surface area contributed by atoms with Crippen LogP contribution in [0.25, 0.3) is 0 Å². The molecule has 176 valence electrons. The minimum atomic E-state index is -4.04. The Hall–Kier alpha value is -3.24. The van der Waals surface area contributed by atoms with E-state index < -0.39 is 10.0 Å². The maximum atomic E-state index is 13.1. The Kier molecular flexibility index (Phi) is 7.83. The monoisotopic (exact) mass is 492 g/mol. The highest BCUT2D eigenvalue weighted by Crippen LogP contribution is 2.37. The fourth-order valence-corrected chi connectivity index (χ4v) is 4.73. The standard InChI is InChI=1S/C22H25ClN4O5S/c1-15-5-6-16(22(28)25-7-4-9-27-10-8-24-14-27)11-21(15)33(29,30)26-18-12-17(23)19(31-2)13-20(18)32-3/h5-6,8,10-14,26H,4,7,9H2,1-3H3,(H,25,28). The summed E-state index contributed by atoms with van der Waals surface area (Å²) in [7, 11) is -1.19. The third-order valence-corrected chi connectivity index (χ3v) is 6.70. The number of rotatable bonds is 10. The lowest BCUT2D eigenvalue weighted by atomic mass is 10.1. The number of halogens is 1. The van der Waals surface area contributed by atoms with E-state index in [2.05, 4.69) is 15.0 Å². The molecule has 0 aliphatic rings. The maximum absolute atomic E-state index is 13.1. The van der Waals surface area contributed by atoms with E-state index in [1.165, 1.54) is 32.4 Å². The van der Waals surface area contributed by atoms with Gasteiger partial charge < -0.3 is 19.4 Å². The number of benzene rings is 2. The van der Waals surface area contributed by atoms with Crippen LogP contribution in [0.5, 0.6) is 11.5 Å². The first-order chi connectivity index (χ1) is 15.7. The average Bonchev–Trinajstić information content (AvgIpc) is 3.30. The topological polar surface area (TPSA) is 112 Å². The maximum Gasteiger partial charge on any atom is 0.262 e. The zero-order valence-corrected chi connectivity index (χ0v) is 20.0. The Morgan fingerprint density at radius 3 is 2.58 bits per heavy atom. The van der Waals surface area contributed by atoms with Crippen LogP contribution in [-0.2, 0) is 16.6 Å². The van der Waals surface area contributed by atoms with Crippen molar-refractivity contribution in [1.82, 2.24) is 14.9 Å². The van der Waals surface area contributed by atoms with E-state index in [1.807, 2.05) is 10.8 Å². The molecule has 33 heavy (non-hydrogen) atoms. The van der Waals surface area contributed by atoms with E-state index >= 15 is 0 Å². The van der Waals surface area contributed by atoms with Crippen molar-refractivity contribution in [3.8, 4) is 11.5 Å². The first-order valence-electron chi connectivity index (χ1n) is 10.0. The molecule has 3 rings (SSSR count). The van der Waals surface area contributed by atoms with Crippen LogP contribution in [0.1, 0.15) is 22.3 Å². The van der Waals surface area contributed by atoms with Gasteiger partial charge in [0.1, 0.15) is 11.5 Å². The lowest BCUT2D eigenvalue weighted by Crippen LogP contribution is -2.25. The zero-order valence-electron chi connectivity index (χ0n) is 18.5. The minimum Gasteiger partial charge on any atom is -0.495 e. The minimum absolute atomic E-state index is 0.0254. The van der Waals surface area contributed by atoms with E-state index in [0.29, 0.717) is 30.8 Å². The predicted octanol–water partition coefficient (Wildman–Crippen LogP) is 3.48. The normalized spacial score (nSPS) is 11.2. The van der Waals surface area contributed by atoms with Gasteiger partial charge in [0.25, 0.3) is 15.9 Å². The number of aryl methyl sites for hydroxylation is 2. The molecule has 0 fully saturated rings. The van der Waals surface area contributed by atoms with Gasteiger partial charge >= 0.3 is 0 Å². The summed E-state index contributed by atoms with van der Waals surface area (Å²) in [5, 5.41) is 3.03. The van der Waals surface area contributed by atoms with Crippen LogP contribution in [0.2, 0.25) is 5.02 Å². The summed E-state index contributed by atoms with van der Waals surface area (Å²) < 4.78 is 41.1. The first kappa shape index (κ1) is 24.4. The average molecular weight is 493 g/mol. The number of ether oxygens (including phenoxy) is 2. The lowest BCUT2D eigenvalue weighted by molar-refractivity contribution is 0.0952. The highest BCUT2D eigenvalue weighted by molar-refractivity contribution is 7.92. The molecule has 1 heterocycles. The number of anilines is 1. The number of nitrogens with one attached hydrogen (secondary N) is 2. The van der Waals surface area contributed by atoms with Crippen molar-refractivity contribution in [2.45, 2.75) is 24.8 Å². The molecule has 0 saturated heterocycles. The van der Waals surface area contributed by atoms with Crippen molar-refractivity contribution in [2.75, 3.05) is 25.5 Å². The van der Waals surface area contributed by atoms with Gasteiger partial charge in [0, 0.05) is 37.1 Å². The van der Waals surface area contributed by atoms with Gasteiger partial charge in [-0.25, -0.2) is 13.4 Å². The largest absolute Gasteiger partial charge is 0.495 e. The summed E-state index contributed by atoms with van der Waals surface area (Å²) in [4.78, 5) is 16.5. The molecule has 1 amide bonds. The van der Waals surface area contributed by atoms with Gasteiger partial charge in [-0.05, 0) is 37.1 Å². The van der Waals surface area contributed by atoms with Crippen molar-refractivity contribution in [3.05, 3.63) is 65.2 Å². The number of nitrogens with zero attached hydrogens (tertiary/aromatic N) is 2. The van der Waals surface area contributed by atoms with Crippen LogP contribution in [0.3, 0.4) is 0 Å². The van der Waals surface area contributed by atoms with Gasteiger partial charge in [-0.3, -0.25) is 9.52 Å². The smallest absolute Gasteiger partial charge is 0.262 e. The molecule has 2 N–H and O–H groups in total. The Morgan fingerprint density at radius 2 is 1.91 bits per heavy atom. The number of imidazole rings is 1. The van der Waals surface area contributed by atoms with E-state index in [0.717, 1.165) is 0 Å². The van der Waals surface area contributed by atoms with Crippen molar-refractivity contribution in [3.63, 3.8) is 0 Å². The summed E-state index contributed by atoms with van der Waals surface area (Å²) in [6.45, 7) is 2.80. The quantitative estimate of drug-likeness (QED) is 0.419. The lowest BCUT2D eigenvalue weighted by Gasteiger charge is -2.16. The summed E-state index contributed by atoms with van der Waals surface area (Å²) in [6.07, 6.45) is 5.95. The molecule has 3 aromatic rings. The van der Waals surface area contributed by atoms with Gasteiger partial charge in [-0.1, -0.05) is 17.7 Å². The van der Waals surface area contributed by atoms with E-state index in [-0.39, 0.29) is 32.8 Å². The van der Waals surface area contributed by atoms with Gasteiger partial charge in [0.2, 0.25) is 0 Å². The Balaban J connectivity index is 1.76. The summed E-state index contributed by atoms with van der Waals surface area (Å²) in [5.74, 6) is 0.228. The van der Waals surface area contributed by atoms with Crippen LogP contribution in [0, 0.1) is 6.92 Å². The fourth-order valence-electron chi connectivity index (χ4n) is 3.16. The van der Waals surface area contributed by atoms with E-state index in [9.17, 15) is 13.2 Å². The summed E-state index contributed by atoms with van der Waals surface area (Å²) >= 11 is 6.15. The number of sulfonamides is 1. The fraction of sp³-hybridized carbons (Fsp3) is 0.273.